The molecule has 0 aliphatic heterocycles. The van der Waals surface area contributed by atoms with Crippen molar-refractivity contribution >= 4 is 28.7 Å². The highest BCUT2D eigenvalue weighted by atomic mass is 35.5. The van der Waals surface area contributed by atoms with Crippen molar-refractivity contribution in [1.29, 1.82) is 0 Å². The van der Waals surface area contributed by atoms with Crippen molar-refractivity contribution in [2.75, 3.05) is 11.1 Å². The summed E-state index contributed by atoms with van der Waals surface area (Å²) < 4.78 is 26.1. The Morgan fingerprint density at radius 1 is 1.06 bits per heavy atom. The van der Waals surface area contributed by atoms with E-state index in [9.17, 15) is 8.78 Å². The molecule has 0 radical (unpaired) electrons. The summed E-state index contributed by atoms with van der Waals surface area (Å²) in [6, 6.07) is 6.53. The third-order valence-electron chi connectivity index (χ3n) is 2.49. The van der Waals surface area contributed by atoms with Crippen LogP contribution in [-0.2, 0) is 0 Å². The van der Waals surface area contributed by atoms with Crippen LogP contribution in [0.25, 0.3) is 0 Å². The molecule has 2 aromatic rings. The zero-order valence-corrected chi connectivity index (χ0v) is 10.4. The highest BCUT2D eigenvalue weighted by Crippen LogP contribution is 2.29. The molecule has 0 fully saturated rings. The molecular weight excluding hydrogens is 258 g/mol. The first-order valence-corrected chi connectivity index (χ1v) is 5.62. The lowest BCUT2D eigenvalue weighted by atomic mass is 10.1. The Balaban J connectivity index is 2.36. The van der Waals surface area contributed by atoms with Gasteiger partial charge in [-0.25, -0.2) is 8.78 Å². The number of nitrogens with two attached hydrogens (primary N) is 1. The van der Waals surface area contributed by atoms with E-state index in [1.54, 1.807) is 12.1 Å². The normalized spacial score (nSPS) is 10.4. The minimum Gasteiger partial charge on any atom is -0.398 e. The van der Waals surface area contributed by atoms with E-state index >= 15 is 0 Å². The van der Waals surface area contributed by atoms with Crippen molar-refractivity contribution in [3.63, 3.8) is 0 Å². The van der Waals surface area contributed by atoms with E-state index in [4.69, 9.17) is 17.3 Å². The van der Waals surface area contributed by atoms with E-state index in [1.165, 1.54) is 12.1 Å². The van der Waals surface area contributed by atoms with Crippen molar-refractivity contribution in [2.45, 2.75) is 6.92 Å². The maximum absolute atomic E-state index is 13.0. The number of benzene rings is 2. The highest BCUT2D eigenvalue weighted by molar-refractivity contribution is 6.33. The topological polar surface area (TPSA) is 38.0 Å². The number of hydrogen-bond acceptors (Lipinski definition) is 2. The van der Waals surface area contributed by atoms with Crippen LogP contribution < -0.4 is 11.1 Å². The Labute approximate surface area is 108 Å². The van der Waals surface area contributed by atoms with Crippen LogP contribution in [0.2, 0.25) is 5.02 Å². The molecule has 18 heavy (non-hydrogen) atoms. The van der Waals surface area contributed by atoms with E-state index in [-0.39, 0.29) is 0 Å². The Hall–Kier alpha value is -1.81. The van der Waals surface area contributed by atoms with Crippen LogP contribution in [0.3, 0.4) is 0 Å². The third-order valence-corrected chi connectivity index (χ3v) is 2.81. The third kappa shape index (κ3) is 2.71. The first-order chi connectivity index (χ1) is 8.45. The molecule has 0 saturated carbocycles. The molecule has 0 aliphatic rings. The summed E-state index contributed by atoms with van der Waals surface area (Å²) in [5.41, 5.74) is 7.92. The molecule has 94 valence electrons. The van der Waals surface area contributed by atoms with Crippen molar-refractivity contribution in [3.8, 4) is 0 Å². The lowest BCUT2D eigenvalue weighted by Gasteiger charge is -2.11. The predicted molar refractivity (Wildman–Crippen MR) is 70.2 cm³/mol. The number of nitrogen functional groups attached to an aromatic ring is 1. The van der Waals surface area contributed by atoms with Crippen LogP contribution in [-0.4, -0.2) is 0 Å². The van der Waals surface area contributed by atoms with Gasteiger partial charge in [0, 0.05) is 17.4 Å². The quantitative estimate of drug-likeness (QED) is 0.799. The fourth-order valence-electron chi connectivity index (χ4n) is 1.62. The minimum absolute atomic E-state index is 0.316. The number of hydrogen-bond donors (Lipinski definition) is 2. The van der Waals surface area contributed by atoms with Crippen LogP contribution in [0, 0.1) is 18.6 Å². The van der Waals surface area contributed by atoms with E-state index < -0.39 is 11.6 Å². The van der Waals surface area contributed by atoms with Gasteiger partial charge in [-0.1, -0.05) is 11.6 Å². The Morgan fingerprint density at radius 3 is 2.28 bits per heavy atom. The van der Waals surface area contributed by atoms with Gasteiger partial charge in [0.15, 0.2) is 0 Å². The first kappa shape index (κ1) is 12.6. The molecule has 0 bridgehead atoms. The smallest absolute Gasteiger partial charge is 0.128 e. The van der Waals surface area contributed by atoms with Crippen LogP contribution in [0.15, 0.2) is 30.3 Å². The summed E-state index contributed by atoms with van der Waals surface area (Å²) in [5.74, 6) is -1.28. The number of anilines is 3. The van der Waals surface area contributed by atoms with Gasteiger partial charge < -0.3 is 11.1 Å². The minimum atomic E-state index is -0.642. The number of halogens is 3. The van der Waals surface area contributed by atoms with E-state index in [0.29, 0.717) is 22.1 Å². The molecule has 2 aromatic carbocycles. The summed E-state index contributed by atoms with van der Waals surface area (Å²) in [6.45, 7) is 1.82. The van der Waals surface area contributed by atoms with Crippen LogP contribution in [0.1, 0.15) is 5.56 Å². The zero-order valence-electron chi connectivity index (χ0n) is 9.60. The number of aryl methyl sites for hydroxylation is 1. The number of nitrogens with one attached hydrogen (secondary N) is 1. The largest absolute Gasteiger partial charge is 0.398 e. The second-order valence-electron chi connectivity index (χ2n) is 3.97. The lowest BCUT2D eigenvalue weighted by Crippen LogP contribution is -1.97. The summed E-state index contributed by atoms with van der Waals surface area (Å²) in [6.07, 6.45) is 0. The summed E-state index contributed by atoms with van der Waals surface area (Å²) in [4.78, 5) is 0. The van der Waals surface area contributed by atoms with Gasteiger partial charge in [0.2, 0.25) is 0 Å². The maximum Gasteiger partial charge on any atom is 0.128 e. The second-order valence-corrected chi connectivity index (χ2v) is 4.38. The average Bonchev–Trinajstić information content (AvgIpc) is 2.24. The van der Waals surface area contributed by atoms with Gasteiger partial charge in [-0.3, -0.25) is 0 Å². The second kappa shape index (κ2) is 4.82. The molecule has 0 heterocycles. The molecule has 0 saturated heterocycles. The molecule has 0 unspecified atom stereocenters. The molecule has 2 rings (SSSR count). The highest BCUT2D eigenvalue weighted by Gasteiger charge is 2.06. The van der Waals surface area contributed by atoms with Crippen molar-refractivity contribution < 1.29 is 8.78 Å². The summed E-state index contributed by atoms with van der Waals surface area (Å²) in [7, 11) is 0. The molecule has 0 atom stereocenters. The zero-order chi connectivity index (χ0) is 13.3. The average molecular weight is 269 g/mol. The van der Waals surface area contributed by atoms with Gasteiger partial charge in [0.25, 0.3) is 0 Å². The molecule has 0 spiro atoms. The lowest BCUT2D eigenvalue weighted by molar-refractivity contribution is 0.584. The van der Waals surface area contributed by atoms with Gasteiger partial charge in [-0.05, 0) is 36.8 Å². The van der Waals surface area contributed by atoms with Crippen molar-refractivity contribution in [3.05, 3.63) is 52.6 Å². The monoisotopic (exact) mass is 268 g/mol. The molecule has 0 aliphatic carbocycles. The van der Waals surface area contributed by atoms with Gasteiger partial charge in [0.05, 0.1) is 10.7 Å². The molecule has 0 amide bonds. The van der Waals surface area contributed by atoms with Crippen molar-refractivity contribution in [1.82, 2.24) is 0 Å². The maximum atomic E-state index is 13.0. The van der Waals surface area contributed by atoms with Crippen LogP contribution in [0.5, 0.6) is 0 Å². The Morgan fingerprint density at radius 2 is 1.67 bits per heavy atom. The fraction of sp³-hybridized carbons (Fsp3) is 0.0769. The SMILES string of the molecule is Cc1cc(N)c(Cl)cc1Nc1cc(F)cc(F)c1. The van der Waals surface area contributed by atoms with Crippen LogP contribution >= 0.6 is 11.6 Å². The number of rotatable bonds is 2. The Kier molecular flexibility index (Phi) is 3.39. The molecule has 5 heteroatoms. The van der Waals surface area contributed by atoms with Crippen LogP contribution in [0.4, 0.5) is 25.8 Å². The van der Waals surface area contributed by atoms with E-state index in [2.05, 4.69) is 5.32 Å². The molecule has 3 N–H and O–H groups in total. The standard InChI is InChI=1S/C13H11ClF2N2/c1-7-2-12(17)11(14)6-13(7)18-10-4-8(15)3-9(16)5-10/h2-6,18H,17H2,1H3. The van der Waals surface area contributed by atoms with Gasteiger partial charge >= 0.3 is 0 Å². The van der Waals surface area contributed by atoms with E-state index in [0.717, 1.165) is 11.6 Å². The summed E-state index contributed by atoms with van der Waals surface area (Å²) >= 11 is 5.90. The van der Waals surface area contributed by atoms with Gasteiger partial charge in [0.1, 0.15) is 11.6 Å². The molecule has 2 nitrogen and oxygen atoms in total. The fourth-order valence-corrected chi connectivity index (χ4v) is 1.78. The van der Waals surface area contributed by atoms with Gasteiger partial charge in [-0.15, -0.1) is 0 Å². The molecule has 0 aromatic heterocycles. The Bertz CT molecular complexity index is 580. The van der Waals surface area contributed by atoms with Crippen molar-refractivity contribution in [2.24, 2.45) is 0 Å². The molecular formula is C13H11ClF2N2. The van der Waals surface area contributed by atoms with E-state index in [1.807, 2.05) is 6.92 Å². The van der Waals surface area contributed by atoms with Gasteiger partial charge in [-0.2, -0.15) is 0 Å². The first-order valence-electron chi connectivity index (χ1n) is 5.24. The predicted octanol–water partition coefficient (Wildman–Crippen LogP) is 4.25. The summed E-state index contributed by atoms with van der Waals surface area (Å²) in [5, 5.41) is 3.29.